The Balaban J connectivity index is 1.76. The molecule has 1 fully saturated rings. The van der Waals surface area contributed by atoms with Gasteiger partial charge in [-0.25, -0.2) is 0 Å². The lowest BCUT2D eigenvalue weighted by Gasteiger charge is -2.28. The molecule has 1 unspecified atom stereocenters. The second-order valence-corrected chi connectivity index (χ2v) is 8.86. The average Bonchev–Trinajstić information content (AvgIpc) is 3.36. The summed E-state index contributed by atoms with van der Waals surface area (Å²) in [6.45, 7) is 5.74. The van der Waals surface area contributed by atoms with Crippen LogP contribution >= 0.6 is 11.3 Å². The quantitative estimate of drug-likeness (QED) is 0.420. The summed E-state index contributed by atoms with van der Waals surface area (Å²) >= 11 is 1.45. The topological polar surface area (TPSA) is 79.3 Å². The summed E-state index contributed by atoms with van der Waals surface area (Å²) in [5, 5.41) is 13.1. The third-order valence-corrected chi connectivity index (χ3v) is 6.39. The lowest BCUT2D eigenvalue weighted by atomic mass is 9.99. The van der Waals surface area contributed by atoms with Gasteiger partial charge in [0.25, 0.3) is 11.7 Å². The predicted molar refractivity (Wildman–Crippen MR) is 120 cm³/mol. The fourth-order valence-electron chi connectivity index (χ4n) is 3.89. The van der Waals surface area contributed by atoms with E-state index in [1.165, 1.54) is 16.2 Å². The molecule has 0 radical (unpaired) electrons. The largest absolute Gasteiger partial charge is 0.507 e. The number of likely N-dealkylation sites (tertiary alicyclic amines) is 1. The van der Waals surface area contributed by atoms with E-state index in [9.17, 15) is 14.7 Å². The number of anilines is 1. The summed E-state index contributed by atoms with van der Waals surface area (Å²) in [5.74, 6) is -0.745. The molecule has 7 nitrogen and oxygen atoms in total. The number of aliphatic hydroxyl groups is 1. The maximum atomic E-state index is 13.0. The van der Waals surface area contributed by atoms with Crippen LogP contribution in [0.3, 0.4) is 0 Å². The standard InChI is InChI=1S/C23H26N2O5S/c1-14(2)29-11-9-25-20(18-5-4-12-31-18)19(22(27)23(25)28)21(26)15-6-7-17-16(13-15)24(3)8-10-30-17/h4-7,12-14,20,26H,8-11H2,1-3H3/b21-19-. The van der Waals surface area contributed by atoms with Gasteiger partial charge >= 0.3 is 0 Å². The Morgan fingerprint density at radius 3 is 2.84 bits per heavy atom. The van der Waals surface area contributed by atoms with E-state index >= 15 is 0 Å². The zero-order chi connectivity index (χ0) is 22.1. The van der Waals surface area contributed by atoms with Gasteiger partial charge in [-0.1, -0.05) is 6.07 Å². The number of amides is 1. The van der Waals surface area contributed by atoms with Crippen molar-refractivity contribution < 1.29 is 24.2 Å². The smallest absolute Gasteiger partial charge is 0.295 e. The van der Waals surface area contributed by atoms with Crippen molar-refractivity contribution in [2.45, 2.75) is 26.0 Å². The van der Waals surface area contributed by atoms with E-state index in [1.807, 2.05) is 43.3 Å². The summed E-state index contributed by atoms with van der Waals surface area (Å²) in [5.41, 5.74) is 1.42. The van der Waals surface area contributed by atoms with Gasteiger partial charge in [0, 0.05) is 24.0 Å². The number of ketones is 1. The molecule has 0 spiro atoms. The molecule has 1 atom stereocenters. The zero-order valence-corrected chi connectivity index (χ0v) is 18.6. The zero-order valence-electron chi connectivity index (χ0n) is 17.8. The molecule has 1 aromatic heterocycles. The van der Waals surface area contributed by atoms with Crippen LogP contribution in [-0.2, 0) is 14.3 Å². The van der Waals surface area contributed by atoms with Gasteiger partial charge in [0.05, 0.1) is 36.6 Å². The molecule has 31 heavy (non-hydrogen) atoms. The van der Waals surface area contributed by atoms with Gasteiger partial charge in [-0.05, 0) is 43.5 Å². The van der Waals surface area contributed by atoms with Crippen molar-refractivity contribution in [3.05, 3.63) is 51.7 Å². The number of thiophene rings is 1. The Hall–Kier alpha value is -2.84. The Kier molecular flexibility index (Phi) is 6.02. The monoisotopic (exact) mass is 442 g/mol. The number of ether oxygens (including phenoxy) is 2. The van der Waals surface area contributed by atoms with E-state index in [2.05, 4.69) is 0 Å². The fourth-order valence-corrected chi connectivity index (χ4v) is 4.74. The van der Waals surface area contributed by atoms with Crippen LogP contribution in [0.5, 0.6) is 5.75 Å². The van der Waals surface area contributed by atoms with E-state index < -0.39 is 17.7 Å². The molecule has 8 heteroatoms. The highest BCUT2D eigenvalue weighted by Crippen LogP contribution is 2.42. The number of carbonyl (C=O) groups is 2. The number of carbonyl (C=O) groups excluding carboxylic acids is 2. The number of fused-ring (bicyclic) bond motifs is 1. The second-order valence-electron chi connectivity index (χ2n) is 7.88. The summed E-state index contributed by atoms with van der Waals surface area (Å²) in [7, 11) is 1.95. The van der Waals surface area contributed by atoms with Gasteiger partial charge in [0.1, 0.15) is 18.1 Å². The summed E-state index contributed by atoms with van der Waals surface area (Å²) in [4.78, 5) is 30.2. The molecule has 1 saturated heterocycles. The third kappa shape index (κ3) is 4.05. The minimum absolute atomic E-state index is 0.0201. The van der Waals surface area contributed by atoms with Crippen molar-refractivity contribution in [2.75, 3.05) is 38.3 Å². The maximum Gasteiger partial charge on any atom is 0.295 e. The number of rotatable bonds is 6. The Bertz CT molecular complexity index is 1010. The minimum atomic E-state index is -0.678. The molecule has 3 heterocycles. The summed E-state index contributed by atoms with van der Waals surface area (Å²) < 4.78 is 11.3. The van der Waals surface area contributed by atoms with Crippen molar-refractivity contribution in [3.8, 4) is 5.75 Å². The van der Waals surface area contributed by atoms with Crippen molar-refractivity contribution in [3.63, 3.8) is 0 Å². The number of hydrogen-bond donors (Lipinski definition) is 1. The molecule has 0 aliphatic carbocycles. The van der Waals surface area contributed by atoms with Gasteiger partial charge in [0.2, 0.25) is 0 Å². The van der Waals surface area contributed by atoms with Crippen LogP contribution in [0.2, 0.25) is 0 Å². The lowest BCUT2D eigenvalue weighted by molar-refractivity contribution is -0.140. The van der Waals surface area contributed by atoms with Crippen LogP contribution in [0.4, 0.5) is 5.69 Å². The molecular formula is C23H26N2O5S. The predicted octanol–water partition coefficient (Wildman–Crippen LogP) is 3.42. The molecule has 2 aliphatic heterocycles. The SMILES string of the molecule is CC(C)OCCN1C(=O)C(=O)/C(=C(\O)c2ccc3c(c2)N(C)CCO3)C1c1cccs1. The molecular weight excluding hydrogens is 416 g/mol. The van der Waals surface area contributed by atoms with E-state index in [0.717, 1.165) is 22.9 Å². The van der Waals surface area contributed by atoms with Gasteiger partial charge < -0.3 is 24.4 Å². The molecule has 2 aromatic rings. The Morgan fingerprint density at radius 1 is 1.32 bits per heavy atom. The van der Waals surface area contributed by atoms with Crippen LogP contribution in [0, 0.1) is 0 Å². The number of Topliss-reactive ketones (excluding diaryl/α,β-unsaturated/α-hetero) is 1. The highest BCUT2D eigenvalue weighted by atomic mass is 32.1. The maximum absolute atomic E-state index is 13.0. The lowest BCUT2D eigenvalue weighted by Crippen LogP contribution is -2.33. The summed E-state index contributed by atoms with van der Waals surface area (Å²) in [6.07, 6.45) is 0.0201. The molecule has 0 bridgehead atoms. The second kappa shape index (κ2) is 8.72. The molecule has 164 valence electrons. The van der Waals surface area contributed by atoms with E-state index in [1.54, 1.807) is 18.2 Å². The van der Waals surface area contributed by atoms with Crippen LogP contribution in [0.15, 0.2) is 41.3 Å². The van der Waals surface area contributed by atoms with Gasteiger partial charge in [0.15, 0.2) is 0 Å². The number of hydrogen-bond acceptors (Lipinski definition) is 7. The minimum Gasteiger partial charge on any atom is -0.507 e. The van der Waals surface area contributed by atoms with Gasteiger partial charge in [-0.2, -0.15) is 0 Å². The van der Waals surface area contributed by atoms with Crippen LogP contribution in [0.25, 0.3) is 5.76 Å². The first-order valence-corrected chi connectivity index (χ1v) is 11.2. The summed E-state index contributed by atoms with van der Waals surface area (Å²) in [6, 6.07) is 8.40. The average molecular weight is 443 g/mol. The van der Waals surface area contributed by atoms with Gasteiger partial charge in [-0.3, -0.25) is 9.59 Å². The van der Waals surface area contributed by atoms with Crippen LogP contribution < -0.4 is 9.64 Å². The fraction of sp³-hybridized carbons (Fsp3) is 0.391. The number of nitrogens with zero attached hydrogens (tertiary/aromatic N) is 2. The highest BCUT2D eigenvalue weighted by Gasteiger charge is 2.46. The van der Waals surface area contributed by atoms with E-state index in [4.69, 9.17) is 9.47 Å². The molecule has 1 N–H and O–H groups in total. The first kappa shape index (κ1) is 21.4. The third-order valence-electron chi connectivity index (χ3n) is 5.46. The van der Waals surface area contributed by atoms with Crippen molar-refractivity contribution in [2.24, 2.45) is 0 Å². The van der Waals surface area contributed by atoms with Crippen molar-refractivity contribution >= 4 is 34.5 Å². The van der Waals surface area contributed by atoms with Crippen LogP contribution in [0.1, 0.15) is 30.3 Å². The Morgan fingerprint density at radius 2 is 2.13 bits per heavy atom. The normalized spacial score (nSPS) is 20.3. The highest BCUT2D eigenvalue weighted by molar-refractivity contribution is 7.10. The number of likely N-dealkylation sites (N-methyl/N-ethyl adjacent to an activating group) is 1. The number of benzene rings is 1. The van der Waals surface area contributed by atoms with E-state index in [0.29, 0.717) is 18.8 Å². The first-order chi connectivity index (χ1) is 14.9. The van der Waals surface area contributed by atoms with Gasteiger partial charge in [-0.15, -0.1) is 11.3 Å². The van der Waals surface area contributed by atoms with E-state index in [-0.39, 0.29) is 24.0 Å². The number of aliphatic hydroxyl groups excluding tert-OH is 1. The molecule has 1 aromatic carbocycles. The molecule has 0 saturated carbocycles. The van der Waals surface area contributed by atoms with Crippen molar-refractivity contribution in [1.29, 1.82) is 0 Å². The molecule has 2 aliphatic rings. The molecule has 4 rings (SSSR count). The Labute approximate surface area is 185 Å². The first-order valence-electron chi connectivity index (χ1n) is 10.3. The molecule has 1 amide bonds. The van der Waals surface area contributed by atoms with Crippen molar-refractivity contribution in [1.82, 2.24) is 4.90 Å². The van der Waals surface area contributed by atoms with Crippen LogP contribution in [-0.4, -0.2) is 61.2 Å².